The summed E-state index contributed by atoms with van der Waals surface area (Å²) in [6.07, 6.45) is 8.10. The van der Waals surface area contributed by atoms with Crippen LogP contribution >= 0.6 is 0 Å². The molecule has 0 saturated heterocycles. The van der Waals surface area contributed by atoms with Gasteiger partial charge in [-0.2, -0.15) is 0 Å². The number of H-pyrrole nitrogens is 2. The molecule has 4 aromatic carbocycles. The molecule has 0 saturated carbocycles. The van der Waals surface area contributed by atoms with Gasteiger partial charge in [0.1, 0.15) is 10.1 Å². The molecule has 2 aliphatic heterocycles. The van der Waals surface area contributed by atoms with Crippen molar-refractivity contribution in [3.05, 3.63) is 162 Å². The zero-order valence-electron chi connectivity index (χ0n) is 28.6. The number of hydrogen-bond acceptors (Lipinski definition) is 5. The smallest absolute Gasteiger partial charge is 0.744 e. The summed E-state index contributed by atoms with van der Waals surface area (Å²) in [6.45, 7) is 0. The van der Waals surface area contributed by atoms with Crippen LogP contribution in [0.4, 0.5) is 0 Å². The summed E-state index contributed by atoms with van der Waals surface area (Å²) in [5.74, 6) is 0. The molecule has 53 heavy (non-hydrogen) atoms. The fourth-order valence-corrected chi connectivity index (χ4v) is 7.49. The van der Waals surface area contributed by atoms with Crippen LogP contribution in [0, 0.1) is 0 Å². The van der Waals surface area contributed by atoms with E-state index in [0.29, 0.717) is 11.3 Å². The third-order valence-electron chi connectivity index (χ3n) is 9.37. The molecule has 0 aliphatic carbocycles. The average molecular weight is 717 g/mol. The number of benzene rings is 4. The van der Waals surface area contributed by atoms with E-state index < -0.39 is 10.1 Å². The van der Waals surface area contributed by atoms with Crippen LogP contribution in [-0.2, 0) is 10.1 Å². The van der Waals surface area contributed by atoms with Crippen molar-refractivity contribution in [2.24, 2.45) is 0 Å². The van der Waals surface area contributed by atoms with Crippen molar-refractivity contribution >= 4 is 56.5 Å². The Morgan fingerprint density at radius 1 is 0.396 bits per heavy atom. The van der Waals surface area contributed by atoms with E-state index in [1.807, 2.05) is 78.9 Å². The Morgan fingerprint density at radius 3 is 0.962 bits per heavy atom. The quantitative estimate of drug-likeness (QED) is 0.144. The number of nitrogens with one attached hydrogen (secondary N) is 2. The van der Waals surface area contributed by atoms with Crippen molar-refractivity contribution < 1.29 is 42.5 Å². The van der Waals surface area contributed by atoms with Crippen molar-refractivity contribution in [3.63, 3.8) is 0 Å². The van der Waals surface area contributed by atoms with Gasteiger partial charge in [-0.05, 0) is 83.0 Å². The Labute approximate surface area is 328 Å². The van der Waals surface area contributed by atoms with Crippen LogP contribution in [0.5, 0.6) is 0 Å². The van der Waals surface area contributed by atoms with Crippen molar-refractivity contribution in [3.8, 4) is 44.5 Å². The maximum absolute atomic E-state index is 11.8. The maximum atomic E-state index is 11.8. The summed E-state index contributed by atoms with van der Waals surface area (Å²) in [6, 6.07) is 44.8. The molecule has 0 spiro atoms. The van der Waals surface area contributed by atoms with Crippen LogP contribution in [-0.4, -0.2) is 32.9 Å². The minimum absolute atomic E-state index is 0. The predicted octanol–water partition coefficient (Wildman–Crippen LogP) is 7.23. The Kier molecular flexibility index (Phi) is 9.16. The molecule has 7 nitrogen and oxygen atoms in total. The van der Waals surface area contributed by atoms with Gasteiger partial charge < -0.3 is 14.5 Å². The first kappa shape index (κ1) is 34.5. The van der Waals surface area contributed by atoms with Crippen molar-refractivity contribution in [1.82, 2.24) is 19.9 Å². The average Bonchev–Trinajstić information content (AvgIpc) is 4.01. The molecular formula is C44H29N4NaO3S. The molecule has 7 aromatic rings. The van der Waals surface area contributed by atoms with Gasteiger partial charge in [0, 0.05) is 44.3 Å². The number of aromatic amines is 2. The summed E-state index contributed by atoms with van der Waals surface area (Å²) < 4.78 is 35.5. The molecule has 0 atom stereocenters. The first-order chi connectivity index (χ1) is 25.4. The van der Waals surface area contributed by atoms with E-state index in [1.54, 1.807) is 12.1 Å². The predicted molar refractivity (Wildman–Crippen MR) is 209 cm³/mol. The normalized spacial score (nSPS) is 12.1. The number of fused-ring (bicyclic) bond motifs is 8. The molecule has 0 fully saturated rings. The zero-order chi connectivity index (χ0) is 35.2. The van der Waals surface area contributed by atoms with Crippen molar-refractivity contribution in [2.75, 3.05) is 0 Å². The Hall–Kier alpha value is -5.61. The van der Waals surface area contributed by atoms with E-state index in [-0.39, 0.29) is 34.5 Å². The largest absolute Gasteiger partial charge is 1.00 e. The van der Waals surface area contributed by atoms with E-state index in [0.717, 1.165) is 78.1 Å². The second kappa shape index (κ2) is 14.1. The first-order valence-corrected chi connectivity index (χ1v) is 18.2. The van der Waals surface area contributed by atoms with Crippen LogP contribution in [0.1, 0.15) is 22.8 Å². The van der Waals surface area contributed by atoms with E-state index in [1.165, 1.54) is 12.1 Å². The third kappa shape index (κ3) is 6.52. The molecular weight excluding hydrogens is 688 g/mol. The maximum Gasteiger partial charge on any atom is 1.00 e. The molecule has 9 rings (SSSR count). The van der Waals surface area contributed by atoms with E-state index >= 15 is 0 Å². The van der Waals surface area contributed by atoms with Gasteiger partial charge >= 0.3 is 29.6 Å². The monoisotopic (exact) mass is 716 g/mol. The molecule has 9 heteroatoms. The minimum Gasteiger partial charge on any atom is -0.744 e. The second-order valence-corrected chi connectivity index (χ2v) is 14.0. The van der Waals surface area contributed by atoms with Gasteiger partial charge in [0.15, 0.2) is 0 Å². The van der Waals surface area contributed by atoms with Crippen molar-refractivity contribution in [1.29, 1.82) is 0 Å². The molecule has 2 aliphatic rings. The van der Waals surface area contributed by atoms with Crippen LogP contribution in [0.15, 0.2) is 144 Å². The Morgan fingerprint density at radius 2 is 0.679 bits per heavy atom. The minimum atomic E-state index is -4.62. The number of aromatic nitrogens is 4. The summed E-state index contributed by atoms with van der Waals surface area (Å²) >= 11 is 0. The van der Waals surface area contributed by atoms with Gasteiger partial charge in [-0.25, -0.2) is 18.4 Å². The molecule has 2 N–H and O–H groups in total. The van der Waals surface area contributed by atoms with Crippen molar-refractivity contribution in [2.45, 2.75) is 4.90 Å². The summed E-state index contributed by atoms with van der Waals surface area (Å²) in [7, 11) is -4.62. The van der Waals surface area contributed by atoms with E-state index in [9.17, 15) is 13.0 Å². The number of nitrogens with zero attached hydrogens (tertiary/aromatic N) is 2. The van der Waals surface area contributed by atoms with Gasteiger partial charge in [0.2, 0.25) is 0 Å². The summed E-state index contributed by atoms with van der Waals surface area (Å²) in [5, 5.41) is 0. The standard InChI is InChI=1S/C44H30N4O3S.Na/c49-52(50,51)32-18-16-31(17-19-32)44-39-26-24-37(47-39)42(29-12-6-2-7-13-29)35-22-20-33(45-35)41(28-10-4-1-5-11-28)34-21-23-36(46-34)43(30-14-8-3-9-15-30)38-25-27-40(44)48-38;/h1-27,45,48H,(H,49,50,51);/q;+1/p-1. The van der Waals surface area contributed by atoms with Gasteiger partial charge in [-0.15, -0.1) is 0 Å². The van der Waals surface area contributed by atoms with Crippen LogP contribution in [0.3, 0.4) is 0 Å². The topological polar surface area (TPSA) is 115 Å². The molecule has 0 radical (unpaired) electrons. The molecule has 0 unspecified atom stereocenters. The van der Waals surface area contributed by atoms with Gasteiger partial charge in [-0.3, -0.25) is 0 Å². The molecule has 3 aromatic heterocycles. The van der Waals surface area contributed by atoms with Gasteiger partial charge in [0.05, 0.1) is 27.7 Å². The SMILES string of the molecule is O=S(=O)([O-])c1ccc(-c2c3nc(c(-c4ccccc4)c4ccc([nH]4)c(-c4ccccc4)c4nc(c(-c5ccccc5)c5ccc2[nH]5)C=C4)C=C3)cc1.[Na+]. The second-order valence-electron chi connectivity index (χ2n) is 12.6. The van der Waals surface area contributed by atoms with Crippen LogP contribution in [0.2, 0.25) is 0 Å². The third-order valence-corrected chi connectivity index (χ3v) is 10.2. The first-order valence-electron chi connectivity index (χ1n) is 16.8. The van der Waals surface area contributed by atoms with Gasteiger partial charge in [0.25, 0.3) is 0 Å². The molecule has 5 heterocycles. The fraction of sp³-hybridized carbons (Fsp3) is 0. The number of hydrogen-bond donors (Lipinski definition) is 2. The van der Waals surface area contributed by atoms with Crippen LogP contribution < -0.4 is 29.6 Å². The number of rotatable bonds is 5. The fourth-order valence-electron chi connectivity index (χ4n) is 7.02. The van der Waals surface area contributed by atoms with E-state index in [2.05, 4.69) is 70.7 Å². The summed E-state index contributed by atoms with van der Waals surface area (Å²) in [5.41, 5.74) is 13.8. The van der Waals surface area contributed by atoms with E-state index in [4.69, 9.17) is 9.97 Å². The summed E-state index contributed by atoms with van der Waals surface area (Å²) in [4.78, 5) is 17.6. The zero-order valence-corrected chi connectivity index (χ0v) is 31.4. The van der Waals surface area contributed by atoms with Gasteiger partial charge in [-0.1, -0.05) is 103 Å². The van der Waals surface area contributed by atoms with Crippen LogP contribution in [0.25, 0.3) is 90.9 Å². The molecule has 0 amide bonds. The Balaban J connectivity index is 0.00000400. The Bertz CT molecular complexity index is 2810. The molecule has 8 bridgehead atoms. The molecule has 250 valence electrons.